The summed E-state index contributed by atoms with van der Waals surface area (Å²) in [7, 11) is 2.97. The lowest BCUT2D eigenvalue weighted by Crippen LogP contribution is -2.34. The highest BCUT2D eigenvalue weighted by Crippen LogP contribution is 2.30. The van der Waals surface area contributed by atoms with Gasteiger partial charge in [0.2, 0.25) is 0 Å². The first kappa shape index (κ1) is 18.8. The molecule has 142 valence electrons. The van der Waals surface area contributed by atoms with Crippen molar-refractivity contribution < 1.29 is 23.8 Å². The highest BCUT2D eigenvalue weighted by atomic mass is 35.5. The summed E-state index contributed by atoms with van der Waals surface area (Å²) >= 11 is 5.97. The van der Waals surface area contributed by atoms with E-state index in [1.807, 2.05) is 0 Å². The van der Waals surface area contributed by atoms with E-state index in [9.17, 15) is 9.59 Å². The number of cyclic esters (lactones) is 1. The Balaban J connectivity index is 1.64. The third-order valence-electron chi connectivity index (χ3n) is 4.13. The Morgan fingerprint density at radius 1 is 1.26 bits per heavy atom. The molecule has 0 bridgehead atoms. The molecular formula is C19H19ClN2O5. The number of para-hydroxylation sites is 1. The minimum absolute atomic E-state index is 0.169. The second kappa shape index (κ2) is 8.18. The van der Waals surface area contributed by atoms with Crippen molar-refractivity contribution in [1.29, 1.82) is 0 Å². The number of nitrogens with zero attached hydrogens (tertiary/aromatic N) is 1. The number of hydrogen-bond donors (Lipinski definition) is 1. The predicted octanol–water partition coefficient (Wildman–Crippen LogP) is 3.11. The monoisotopic (exact) mass is 390 g/mol. The maximum Gasteiger partial charge on any atom is 0.414 e. The summed E-state index contributed by atoms with van der Waals surface area (Å²) in [5, 5.41) is 3.30. The number of rotatable bonds is 6. The Morgan fingerprint density at radius 3 is 2.74 bits per heavy atom. The van der Waals surface area contributed by atoms with Gasteiger partial charge in [0.05, 0.1) is 32.9 Å². The summed E-state index contributed by atoms with van der Waals surface area (Å²) < 4.78 is 15.8. The van der Waals surface area contributed by atoms with E-state index in [0.717, 1.165) is 0 Å². The number of benzene rings is 2. The molecular weight excluding hydrogens is 372 g/mol. The SMILES string of the molecule is COc1cccc(C(=O)NC[C@@H]2CN(c3cccc(Cl)c3)C(=O)O2)c1OC. The molecule has 1 aliphatic heterocycles. The van der Waals surface area contributed by atoms with Crippen LogP contribution in [0.4, 0.5) is 10.5 Å². The summed E-state index contributed by atoms with van der Waals surface area (Å²) in [6, 6.07) is 12.0. The van der Waals surface area contributed by atoms with E-state index in [4.69, 9.17) is 25.8 Å². The molecule has 1 fully saturated rings. The van der Waals surface area contributed by atoms with Crippen molar-refractivity contribution in [2.24, 2.45) is 0 Å². The van der Waals surface area contributed by atoms with Crippen LogP contribution in [0, 0.1) is 0 Å². The first-order valence-electron chi connectivity index (χ1n) is 8.26. The second-order valence-electron chi connectivity index (χ2n) is 5.85. The summed E-state index contributed by atoms with van der Waals surface area (Å²) in [5.41, 5.74) is 0.990. The minimum Gasteiger partial charge on any atom is -0.493 e. The fourth-order valence-corrected chi connectivity index (χ4v) is 3.03. The number of methoxy groups -OCH3 is 2. The molecule has 1 atom stereocenters. The van der Waals surface area contributed by atoms with Crippen molar-refractivity contribution in [2.75, 3.05) is 32.2 Å². The fourth-order valence-electron chi connectivity index (χ4n) is 2.85. The highest BCUT2D eigenvalue weighted by molar-refractivity contribution is 6.30. The van der Waals surface area contributed by atoms with E-state index in [1.54, 1.807) is 42.5 Å². The van der Waals surface area contributed by atoms with Crippen LogP contribution >= 0.6 is 11.6 Å². The van der Waals surface area contributed by atoms with Crippen LogP contribution in [0.15, 0.2) is 42.5 Å². The molecule has 0 aliphatic carbocycles. The molecule has 0 unspecified atom stereocenters. The summed E-state index contributed by atoms with van der Waals surface area (Å²) in [5.74, 6) is 0.467. The van der Waals surface area contributed by atoms with Gasteiger partial charge in [-0.3, -0.25) is 9.69 Å². The maximum atomic E-state index is 12.5. The molecule has 0 saturated carbocycles. The molecule has 1 saturated heterocycles. The van der Waals surface area contributed by atoms with Gasteiger partial charge < -0.3 is 19.5 Å². The predicted molar refractivity (Wildman–Crippen MR) is 101 cm³/mol. The van der Waals surface area contributed by atoms with Gasteiger partial charge in [-0.05, 0) is 30.3 Å². The molecule has 8 heteroatoms. The van der Waals surface area contributed by atoms with Crippen LogP contribution in [0.3, 0.4) is 0 Å². The zero-order valence-electron chi connectivity index (χ0n) is 14.9. The molecule has 2 aromatic rings. The van der Waals surface area contributed by atoms with Crippen molar-refractivity contribution in [3.63, 3.8) is 0 Å². The topological polar surface area (TPSA) is 77.1 Å². The van der Waals surface area contributed by atoms with Crippen LogP contribution in [0.5, 0.6) is 11.5 Å². The zero-order chi connectivity index (χ0) is 19.4. The number of carbonyl (C=O) groups is 2. The summed E-state index contributed by atoms with van der Waals surface area (Å²) in [6.07, 6.45) is -0.951. The quantitative estimate of drug-likeness (QED) is 0.820. The average molecular weight is 391 g/mol. The van der Waals surface area contributed by atoms with Gasteiger partial charge in [-0.2, -0.15) is 0 Å². The summed E-state index contributed by atoms with van der Waals surface area (Å²) in [6.45, 7) is 0.483. The van der Waals surface area contributed by atoms with E-state index in [0.29, 0.717) is 34.3 Å². The smallest absolute Gasteiger partial charge is 0.414 e. The molecule has 1 aliphatic rings. The first-order chi connectivity index (χ1) is 13.0. The van der Waals surface area contributed by atoms with Gasteiger partial charge in [0, 0.05) is 10.7 Å². The number of halogens is 1. The Morgan fingerprint density at radius 2 is 2.04 bits per heavy atom. The lowest BCUT2D eigenvalue weighted by molar-refractivity contribution is 0.0912. The van der Waals surface area contributed by atoms with Crippen molar-refractivity contribution in [3.8, 4) is 11.5 Å². The Bertz CT molecular complexity index is 858. The molecule has 1 heterocycles. The third kappa shape index (κ3) is 4.09. The number of anilines is 1. The number of amides is 2. The third-order valence-corrected chi connectivity index (χ3v) is 4.37. The average Bonchev–Trinajstić information content (AvgIpc) is 3.06. The molecule has 2 amide bonds. The number of ether oxygens (including phenoxy) is 3. The van der Waals surface area contributed by atoms with Crippen molar-refractivity contribution >= 4 is 29.3 Å². The summed E-state index contributed by atoms with van der Waals surface area (Å²) in [4.78, 5) is 26.1. The molecule has 3 rings (SSSR count). The van der Waals surface area contributed by atoms with Crippen LogP contribution in [0.25, 0.3) is 0 Å². The maximum absolute atomic E-state index is 12.5. The fraction of sp³-hybridized carbons (Fsp3) is 0.263. The number of hydrogen-bond acceptors (Lipinski definition) is 5. The standard InChI is InChI=1S/C19H19ClN2O5/c1-25-16-8-4-7-15(17(16)26-2)18(23)21-10-14-11-22(19(24)27-14)13-6-3-5-12(20)9-13/h3-9,14H,10-11H2,1-2H3,(H,21,23)/t14-/m1/s1. The van der Waals surface area contributed by atoms with E-state index in [-0.39, 0.29) is 12.5 Å². The number of nitrogens with one attached hydrogen (secondary N) is 1. The van der Waals surface area contributed by atoms with Crippen LogP contribution in [-0.2, 0) is 4.74 Å². The van der Waals surface area contributed by atoms with Gasteiger partial charge in [0.25, 0.3) is 5.91 Å². The Hall–Kier alpha value is -2.93. The first-order valence-corrected chi connectivity index (χ1v) is 8.64. The Labute approximate surface area is 161 Å². The van der Waals surface area contributed by atoms with Gasteiger partial charge in [0.15, 0.2) is 11.5 Å². The van der Waals surface area contributed by atoms with Crippen molar-refractivity contribution in [3.05, 3.63) is 53.1 Å². The zero-order valence-corrected chi connectivity index (χ0v) is 15.7. The van der Waals surface area contributed by atoms with E-state index in [2.05, 4.69) is 5.32 Å². The van der Waals surface area contributed by atoms with Crippen LogP contribution in [0.2, 0.25) is 5.02 Å². The molecule has 7 nitrogen and oxygen atoms in total. The lowest BCUT2D eigenvalue weighted by Gasteiger charge is -2.14. The van der Waals surface area contributed by atoms with Crippen LogP contribution in [0.1, 0.15) is 10.4 Å². The van der Waals surface area contributed by atoms with Gasteiger partial charge in [-0.1, -0.05) is 23.7 Å². The molecule has 0 spiro atoms. The van der Waals surface area contributed by atoms with E-state index in [1.165, 1.54) is 19.1 Å². The molecule has 1 N–H and O–H groups in total. The van der Waals surface area contributed by atoms with Gasteiger partial charge in [-0.25, -0.2) is 4.79 Å². The molecule has 0 aromatic heterocycles. The normalized spacial score (nSPS) is 16.0. The van der Waals surface area contributed by atoms with Crippen molar-refractivity contribution in [1.82, 2.24) is 5.32 Å². The van der Waals surface area contributed by atoms with Crippen LogP contribution in [-0.4, -0.2) is 45.4 Å². The van der Waals surface area contributed by atoms with E-state index >= 15 is 0 Å². The lowest BCUT2D eigenvalue weighted by atomic mass is 10.1. The molecule has 27 heavy (non-hydrogen) atoms. The van der Waals surface area contributed by atoms with Gasteiger partial charge in [-0.15, -0.1) is 0 Å². The number of carbonyl (C=O) groups excluding carboxylic acids is 2. The minimum atomic E-state index is -0.476. The molecule has 2 aromatic carbocycles. The largest absolute Gasteiger partial charge is 0.493 e. The highest BCUT2D eigenvalue weighted by Gasteiger charge is 2.32. The van der Waals surface area contributed by atoms with Gasteiger partial charge in [0.1, 0.15) is 6.10 Å². The van der Waals surface area contributed by atoms with E-state index < -0.39 is 12.2 Å². The second-order valence-corrected chi connectivity index (χ2v) is 6.28. The molecule has 0 radical (unpaired) electrons. The van der Waals surface area contributed by atoms with Crippen molar-refractivity contribution in [2.45, 2.75) is 6.10 Å². The van der Waals surface area contributed by atoms with Crippen LogP contribution < -0.4 is 19.7 Å². The Kier molecular flexibility index (Phi) is 5.71. The van der Waals surface area contributed by atoms with Gasteiger partial charge >= 0.3 is 6.09 Å².